The fraction of sp³-hybridized carbons (Fsp3) is 0.467. The van der Waals surface area contributed by atoms with E-state index in [1.807, 2.05) is 12.1 Å². The van der Waals surface area contributed by atoms with Crippen LogP contribution in [-0.4, -0.2) is 24.9 Å². The van der Waals surface area contributed by atoms with Crippen LogP contribution in [0.25, 0.3) is 0 Å². The summed E-state index contributed by atoms with van der Waals surface area (Å²) in [5.74, 6) is -0.244. The first-order valence-corrected chi connectivity index (χ1v) is 6.46. The number of hydrogen-bond acceptors (Lipinski definition) is 4. The Labute approximate surface area is 113 Å². The number of Topliss-reactive ketones (excluding diaryl/α,β-unsaturated/α-hetero) is 1. The van der Waals surface area contributed by atoms with Crippen LogP contribution in [0.5, 0.6) is 0 Å². The predicted octanol–water partition coefficient (Wildman–Crippen LogP) is 2.27. The first kappa shape index (κ1) is 15.4. The largest absolute Gasteiger partial charge is 0.469 e. The molecule has 104 valence electrons. The molecule has 0 aromatic heterocycles. The van der Waals surface area contributed by atoms with Crippen molar-refractivity contribution in [1.29, 1.82) is 0 Å². The molecule has 0 spiro atoms. The maximum Gasteiger partial charge on any atom is 0.307 e. The number of carbonyl (C=O) groups excluding carboxylic acids is 2. The van der Waals surface area contributed by atoms with E-state index in [-0.39, 0.29) is 12.2 Å². The van der Waals surface area contributed by atoms with E-state index >= 15 is 0 Å². The zero-order chi connectivity index (χ0) is 14.4. The fourth-order valence-electron chi connectivity index (χ4n) is 1.78. The first-order chi connectivity index (χ1) is 8.99. The van der Waals surface area contributed by atoms with Crippen LogP contribution >= 0.6 is 0 Å². The van der Waals surface area contributed by atoms with Gasteiger partial charge in [-0.05, 0) is 17.9 Å². The number of benzene rings is 1. The van der Waals surface area contributed by atoms with E-state index in [1.54, 1.807) is 12.1 Å². The highest BCUT2D eigenvalue weighted by Crippen LogP contribution is 2.19. The average molecular weight is 263 g/mol. The Morgan fingerprint density at radius 2 is 1.84 bits per heavy atom. The summed E-state index contributed by atoms with van der Waals surface area (Å²) in [5, 5.41) is 0. The second kappa shape index (κ2) is 7.04. The normalized spacial score (nSPS) is 13.7. The standard InChI is InChI=1S/C15H21NO3/c1-4-10(2)11-5-7-12(8-6-11)15(18)13(16)9-14(17)19-3/h5-8,10,13H,4,9,16H2,1-3H3. The Hall–Kier alpha value is -1.68. The summed E-state index contributed by atoms with van der Waals surface area (Å²) in [6.45, 7) is 4.26. The van der Waals surface area contributed by atoms with Gasteiger partial charge in [0.25, 0.3) is 0 Å². The van der Waals surface area contributed by atoms with Gasteiger partial charge in [0.15, 0.2) is 5.78 Å². The van der Waals surface area contributed by atoms with E-state index in [9.17, 15) is 9.59 Å². The highest BCUT2D eigenvalue weighted by atomic mass is 16.5. The number of methoxy groups -OCH3 is 1. The van der Waals surface area contributed by atoms with Crippen molar-refractivity contribution in [2.45, 2.75) is 38.6 Å². The van der Waals surface area contributed by atoms with Crippen molar-refractivity contribution in [1.82, 2.24) is 0 Å². The summed E-state index contributed by atoms with van der Waals surface area (Å²) in [6.07, 6.45) is 0.956. The zero-order valence-corrected chi connectivity index (χ0v) is 11.7. The fourth-order valence-corrected chi connectivity index (χ4v) is 1.78. The average Bonchev–Trinajstić information content (AvgIpc) is 2.45. The minimum absolute atomic E-state index is 0.0948. The van der Waals surface area contributed by atoms with Gasteiger partial charge in [-0.3, -0.25) is 9.59 Å². The van der Waals surface area contributed by atoms with Crippen LogP contribution < -0.4 is 5.73 Å². The monoisotopic (exact) mass is 263 g/mol. The van der Waals surface area contributed by atoms with Gasteiger partial charge in [-0.1, -0.05) is 38.1 Å². The second-order valence-corrected chi connectivity index (χ2v) is 4.68. The van der Waals surface area contributed by atoms with Gasteiger partial charge in [0.1, 0.15) is 0 Å². The van der Waals surface area contributed by atoms with Gasteiger partial charge in [0.05, 0.1) is 19.6 Å². The Balaban J connectivity index is 2.75. The van der Waals surface area contributed by atoms with Crippen LogP contribution in [0.15, 0.2) is 24.3 Å². The van der Waals surface area contributed by atoms with E-state index in [2.05, 4.69) is 18.6 Å². The van der Waals surface area contributed by atoms with E-state index in [0.29, 0.717) is 11.5 Å². The maximum absolute atomic E-state index is 12.0. The van der Waals surface area contributed by atoms with Crippen molar-refractivity contribution in [2.75, 3.05) is 7.11 Å². The van der Waals surface area contributed by atoms with E-state index < -0.39 is 12.0 Å². The van der Waals surface area contributed by atoms with Crippen molar-refractivity contribution < 1.29 is 14.3 Å². The quantitative estimate of drug-likeness (QED) is 0.631. The molecule has 0 heterocycles. The number of ether oxygens (including phenoxy) is 1. The van der Waals surface area contributed by atoms with Crippen LogP contribution in [0.1, 0.15) is 48.5 Å². The van der Waals surface area contributed by atoms with Crippen LogP contribution in [-0.2, 0) is 9.53 Å². The molecule has 2 atom stereocenters. The molecule has 0 fully saturated rings. The molecule has 4 heteroatoms. The summed E-state index contributed by atoms with van der Waals surface area (Å²) >= 11 is 0. The molecule has 0 bridgehead atoms. The molecule has 19 heavy (non-hydrogen) atoms. The van der Waals surface area contributed by atoms with Crippen molar-refractivity contribution in [2.24, 2.45) is 5.73 Å². The van der Waals surface area contributed by atoms with Crippen molar-refractivity contribution in [3.63, 3.8) is 0 Å². The molecule has 0 aliphatic rings. The third kappa shape index (κ3) is 4.17. The molecule has 2 unspecified atom stereocenters. The summed E-state index contributed by atoms with van der Waals surface area (Å²) in [5.41, 5.74) is 7.43. The van der Waals surface area contributed by atoms with Gasteiger partial charge in [-0.25, -0.2) is 0 Å². The van der Waals surface area contributed by atoms with Gasteiger partial charge in [0, 0.05) is 5.56 Å². The Morgan fingerprint density at radius 1 is 1.26 bits per heavy atom. The van der Waals surface area contributed by atoms with Gasteiger partial charge in [0.2, 0.25) is 0 Å². The molecule has 4 nitrogen and oxygen atoms in total. The van der Waals surface area contributed by atoms with Crippen molar-refractivity contribution in [3.05, 3.63) is 35.4 Å². The van der Waals surface area contributed by atoms with Crippen LogP contribution in [0.3, 0.4) is 0 Å². The number of hydrogen-bond donors (Lipinski definition) is 1. The molecule has 0 aliphatic heterocycles. The highest BCUT2D eigenvalue weighted by Gasteiger charge is 2.19. The Morgan fingerprint density at radius 3 is 2.32 bits per heavy atom. The SMILES string of the molecule is CCC(C)c1ccc(C(=O)C(N)CC(=O)OC)cc1. The molecule has 0 amide bonds. The molecule has 1 aromatic carbocycles. The Kier molecular flexibility index (Phi) is 5.70. The summed E-state index contributed by atoms with van der Waals surface area (Å²) in [4.78, 5) is 23.1. The third-order valence-corrected chi connectivity index (χ3v) is 3.33. The minimum atomic E-state index is -0.845. The van der Waals surface area contributed by atoms with Crippen LogP contribution in [0.2, 0.25) is 0 Å². The molecule has 0 saturated carbocycles. The predicted molar refractivity (Wildman–Crippen MR) is 74.1 cm³/mol. The van der Waals surface area contributed by atoms with Crippen LogP contribution in [0, 0.1) is 0 Å². The molecule has 2 N–H and O–H groups in total. The molecule has 0 aliphatic carbocycles. The molecular formula is C15H21NO3. The Bertz CT molecular complexity index is 439. The number of nitrogens with two attached hydrogens (primary N) is 1. The number of carbonyl (C=O) groups is 2. The first-order valence-electron chi connectivity index (χ1n) is 6.46. The lowest BCUT2D eigenvalue weighted by Crippen LogP contribution is -2.33. The number of esters is 1. The number of ketones is 1. The summed E-state index contributed by atoms with van der Waals surface area (Å²) in [6, 6.07) is 6.56. The highest BCUT2D eigenvalue weighted by molar-refractivity contribution is 6.01. The summed E-state index contributed by atoms with van der Waals surface area (Å²) < 4.78 is 4.50. The van der Waals surface area contributed by atoms with Crippen molar-refractivity contribution in [3.8, 4) is 0 Å². The zero-order valence-electron chi connectivity index (χ0n) is 11.7. The van der Waals surface area contributed by atoms with E-state index in [4.69, 9.17) is 5.73 Å². The molecule has 1 aromatic rings. The van der Waals surface area contributed by atoms with E-state index in [1.165, 1.54) is 12.7 Å². The summed E-state index contributed by atoms with van der Waals surface area (Å²) in [7, 11) is 1.28. The maximum atomic E-state index is 12.0. The lowest BCUT2D eigenvalue weighted by atomic mass is 9.95. The topological polar surface area (TPSA) is 69.4 Å². The lowest BCUT2D eigenvalue weighted by molar-refractivity contribution is -0.140. The number of rotatable bonds is 6. The van der Waals surface area contributed by atoms with E-state index in [0.717, 1.165) is 6.42 Å². The third-order valence-electron chi connectivity index (χ3n) is 3.33. The lowest BCUT2D eigenvalue weighted by Gasteiger charge is -2.12. The minimum Gasteiger partial charge on any atom is -0.469 e. The van der Waals surface area contributed by atoms with Crippen molar-refractivity contribution >= 4 is 11.8 Å². The van der Waals surface area contributed by atoms with Gasteiger partial charge in [-0.15, -0.1) is 0 Å². The molecule has 1 rings (SSSR count). The van der Waals surface area contributed by atoms with Gasteiger partial charge >= 0.3 is 5.97 Å². The molecular weight excluding hydrogens is 242 g/mol. The smallest absolute Gasteiger partial charge is 0.307 e. The molecule has 0 radical (unpaired) electrons. The van der Waals surface area contributed by atoms with Crippen LogP contribution in [0.4, 0.5) is 0 Å². The molecule has 0 saturated heterocycles. The second-order valence-electron chi connectivity index (χ2n) is 4.68. The van der Waals surface area contributed by atoms with Gasteiger partial charge in [-0.2, -0.15) is 0 Å². The van der Waals surface area contributed by atoms with Gasteiger partial charge < -0.3 is 10.5 Å².